The molecule has 0 radical (unpaired) electrons. The summed E-state index contributed by atoms with van der Waals surface area (Å²) < 4.78 is 7.55. The third-order valence-electron chi connectivity index (χ3n) is 4.51. The minimum atomic E-state index is -1.05. The quantitative estimate of drug-likeness (QED) is 0.243. The van der Waals surface area contributed by atoms with Gasteiger partial charge in [-0.2, -0.15) is 0 Å². The molecule has 0 atom stereocenters. The molecule has 6 nitrogen and oxygen atoms in total. The second kappa shape index (κ2) is 8.18. The Morgan fingerprint density at radius 3 is 2.41 bits per heavy atom. The number of aromatic carboxylic acids is 1. The van der Waals surface area contributed by atoms with Crippen LogP contribution in [0.15, 0.2) is 60.6 Å². The number of fused-ring (bicyclic) bond motifs is 2. The second-order valence-corrected chi connectivity index (χ2v) is 10.6. The number of rotatable bonds is 2. The van der Waals surface area contributed by atoms with Gasteiger partial charge < -0.3 is 5.48 Å². The first-order valence-corrected chi connectivity index (χ1v) is 12.4. The van der Waals surface area contributed by atoms with E-state index in [2.05, 4.69) is 31.9 Å². The number of benzene rings is 3. The zero-order valence-corrected chi connectivity index (χ0v) is 23.3. The number of halogens is 2. The molecule has 0 bridgehead atoms. The van der Waals surface area contributed by atoms with Crippen LogP contribution in [0.1, 0.15) is 10.4 Å². The third-order valence-corrected chi connectivity index (χ3v) is 8.29. The summed E-state index contributed by atoms with van der Waals surface area (Å²) in [4.78, 5) is 24.0. The molecule has 4 rings (SSSR count). The molecule has 0 aromatic heterocycles. The van der Waals surface area contributed by atoms with E-state index in [1.807, 2.05) is 0 Å². The molecule has 1 heterocycles. The SMILES string of the molecule is O.O=C(O)c1ccccc1-c1c2cc(Br)c(=O)cc-2oc2[c]([Hg])c(O)c(Br)cc12. The Bertz CT molecular complexity index is 1310. The molecule has 1 aliphatic carbocycles. The molecule has 2 aromatic rings. The zero-order chi connectivity index (χ0) is 20.2. The van der Waals surface area contributed by atoms with Gasteiger partial charge in [0.15, 0.2) is 0 Å². The first kappa shape index (κ1) is 22.0. The molecule has 0 unspecified atom stereocenters. The van der Waals surface area contributed by atoms with E-state index < -0.39 is 5.97 Å². The normalized spacial score (nSPS) is 10.9. The van der Waals surface area contributed by atoms with E-state index in [1.54, 1.807) is 30.3 Å². The van der Waals surface area contributed by atoms with Crippen LogP contribution in [0.25, 0.3) is 33.4 Å². The molecule has 0 saturated carbocycles. The molecule has 2 aliphatic rings. The molecule has 0 amide bonds. The van der Waals surface area contributed by atoms with Crippen LogP contribution in [0, 0.1) is 0 Å². The van der Waals surface area contributed by atoms with Crippen LogP contribution in [-0.4, -0.2) is 21.7 Å². The van der Waals surface area contributed by atoms with Crippen LogP contribution in [0.3, 0.4) is 0 Å². The van der Waals surface area contributed by atoms with Gasteiger partial charge in [-0.3, -0.25) is 0 Å². The van der Waals surface area contributed by atoms with Crippen molar-refractivity contribution in [2.75, 3.05) is 0 Å². The molecule has 1 aliphatic heterocycles. The van der Waals surface area contributed by atoms with Crippen molar-refractivity contribution in [1.82, 2.24) is 0 Å². The van der Waals surface area contributed by atoms with Crippen molar-refractivity contribution >= 4 is 51.9 Å². The van der Waals surface area contributed by atoms with E-state index in [1.165, 1.54) is 12.1 Å². The number of phenols is 1. The second-order valence-electron chi connectivity index (χ2n) is 6.17. The summed E-state index contributed by atoms with van der Waals surface area (Å²) >= 11 is 6.64. The van der Waals surface area contributed by atoms with Crippen LogP contribution in [0.2, 0.25) is 0 Å². The summed E-state index contributed by atoms with van der Waals surface area (Å²) in [6.07, 6.45) is 0. The Morgan fingerprint density at radius 1 is 1.03 bits per heavy atom. The van der Waals surface area contributed by atoms with Gasteiger partial charge in [-0.1, -0.05) is 0 Å². The van der Waals surface area contributed by atoms with Crippen LogP contribution >= 0.6 is 31.9 Å². The van der Waals surface area contributed by atoms with Gasteiger partial charge in [-0.15, -0.1) is 0 Å². The number of hydrogen-bond donors (Lipinski definition) is 2. The number of carbonyl (C=O) groups is 1. The molecule has 0 fully saturated rings. The predicted molar refractivity (Wildman–Crippen MR) is 112 cm³/mol. The zero-order valence-electron chi connectivity index (χ0n) is 14.6. The van der Waals surface area contributed by atoms with E-state index in [-0.39, 0.29) is 48.3 Å². The Morgan fingerprint density at radius 2 is 1.72 bits per heavy atom. The molecule has 2 aromatic carbocycles. The minimum absolute atomic E-state index is 0. The summed E-state index contributed by atoms with van der Waals surface area (Å²) in [6.45, 7) is 0. The van der Waals surface area contributed by atoms with Gasteiger partial charge in [0.25, 0.3) is 0 Å². The monoisotopic (exact) mass is 707 g/mol. The molecular weight excluding hydrogens is 697 g/mol. The number of aromatic hydroxyl groups is 1. The first-order valence-electron chi connectivity index (χ1n) is 8.05. The van der Waals surface area contributed by atoms with E-state index in [9.17, 15) is 19.8 Å². The van der Waals surface area contributed by atoms with Gasteiger partial charge in [0.05, 0.1) is 0 Å². The molecule has 143 valence electrons. The summed E-state index contributed by atoms with van der Waals surface area (Å²) in [5.41, 5.74) is 2.13. The summed E-state index contributed by atoms with van der Waals surface area (Å²) in [6, 6.07) is 11.4. The molecule has 4 N–H and O–H groups in total. The summed E-state index contributed by atoms with van der Waals surface area (Å²) in [7, 11) is 0. The van der Waals surface area contributed by atoms with E-state index in [0.717, 1.165) is 0 Å². The van der Waals surface area contributed by atoms with Crippen molar-refractivity contribution in [3.05, 3.63) is 67.2 Å². The van der Waals surface area contributed by atoms with Crippen molar-refractivity contribution in [2.24, 2.45) is 0 Å². The van der Waals surface area contributed by atoms with E-state index in [0.29, 0.717) is 45.4 Å². The summed E-state index contributed by atoms with van der Waals surface area (Å²) in [5, 5.41) is 20.7. The van der Waals surface area contributed by atoms with E-state index in [4.69, 9.17) is 4.42 Å². The average molecular weight is 708 g/mol. The third kappa shape index (κ3) is 3.63. The van der Waals surface area contributed by atoms with Crippen LogP contribution in [-0.2, 0) is 26.1 Å². The van der Waals surface area contributed by atoms with Gasteiger partial charge in [0.2, 0.25) is 0 Å². The average Bonchev–Trinajstić information content (AvgIpc) is 2.66. The molecule has 9 heteroatoms. The fourth-order valence-corrected chi connectivity index (χ4v) is 6.80. The van der Waals surface area contributed by atoms with Crippen molar-refractivity contribution in [3.63, 3.8) is 0 Å². The molecular formula is C20H11Br2HgO6. The van der Waals surface area contributed by atoms with Gasteiger partial charge in [0, 0.05) is 0 Å². The molecule has 0 saturated heterocycles. The standard InChI is InChI=1S/C20H9Br2O5.Hg.H2O/c21-13-5-11-17(7-15(13)23)27-18-8-16(24)14(22)6-12(18)19(11)9-3-1-2-4-10(9)20(25)26;;/h1-7,24H,(H,25,26);;1H2. The van der Waals surface area contributed by atoms with Crippen LogP contribution in [0.4, 0.5) is 0 Å². The van der Waals surface area contributed by atoms with Crippen molar-refractivity contribution in [3.8, 4) is 28.2 Å². The Hall–Kier alpha value is -1.74. The fourth-order valence-electron chi connectivity index (χ4n) is 3.22. The number of carboxylic acid groups (broad SMARTS) is 1. The van der Waals surface area contributed by atoms with Gasteiger partial charge in [-0.25, -0.2) is 0 Å². The Labute approximate surface area is 197 Å². The van der Waals surface area contributed by atoms with Crippen molar-refractivity contribution < 1.29 is 51.0 Å². The number of hydrogen-bond acceptors (Lipinski definition) is 4. The maximum absolute atomic E-state index is 12.2. The van der Waals surface area contributed by atoms with Crippen LogP contribution in [0.5, 0.6) is 5.75 Å². The molecule has 0 spiro atoms. The molecule has 29 heavy (non-hydrogen) atoms. The van der Waals surface area contributed by atoms with Crippen molar-refractivity contribution in [1.29, 1.82) is 0 Å². The maximum atomic E-state index is 12.2. The fraction of sp³-hybridized carbons (Fsp3) is 0. The summed E-state index contributed by atoms with van der Waals surface area (Å²) in [5.74, 6) is -0.606. The van der Waals surface area contributed by atoms with E-state index >= 15 is 0 Å². The van der Waals surface area contributed by atoms with Gasteiger partial charge in [0.1, 0.15) is 0 Å². The first-order chi connectivity index (χ1) is 13.3. The Balaban J connectivity index is 0.00000240. The topological polar surface area (TPSA) is 119 Å². The predicted octanol–water partition coefficient (Wildman–Crippen LogP) is 3.84. The Kier molecular flexibility index (Phi) is 6.19. The van der Waals surface area contributed by atoms with Gasteiger partial charge in [-0.05, 0) is 0 Å². The van der Waals surface area contributed by atoms with Crippen molar-refractivity contribution in [2.45, 2.75) is 0 Å². The van der Waals surface area contributed by atoms with Crippen LogP contribution < -0.4 is 8.50 Å². The van der Waals surface area contributed by atoms with Gasteiger partial charge >= 0.3 is 193 Å². The number of phenolic OH excluding ortho intramolecular Hbond substituents is 1. The number of carboxylic acids is 1.